The molecular weight excluding hydrogens is 379 g/mol. The monoisotopic (exact) mass is 406 g/mol. The van der Waals surface area contributed by atoms with Gasteiger partial charge < -0.3 is 10.6 Å². The zero-order valence-corrected chi connectivity index (χ0v) is 17.5. The maximum absolute atomic E-state index is 14.9. The van der Waals surface area contributed by atoms with E-state index in [-0.39, 0.29) is 11.6 Å². The second kappa shape index (κ2) is 8.78. The van der Waals surface area contributed by atoms with E-state index in [1.165, 1.54) is 6.07 Å². The maximum atomic E-state index is 14.9. The average molecular weight is 407 g/mol. The molecule has 156 valence electrons. The van der Waals surface area contributed by atoms with Gasteiger partial charge in [0, 0.05) is 55.0 Å². The molecule has 1 aromatic carbocycles. The molecule has 1 aliphatic rings. The van der Waals surface area contributed by atoms with E-state index in [0.717, 1.165) is 43.4 Å². The van der Waals surface area contributed by atoms with E-state index >= 15 is 0 Å². The topological polar surface area (TPSA) is 66.9 Å². The minimum absolute atomic E-state index is 0.0892. The number of benzene rings is 1. The summed E-state index contributed by atoms with van der Waals surface area (Å²) in [6.07, 6.45) is 8.21. The molecule has 1 aliphatic carbocycles. The van der Waals surface area contributed by atoms with Gasteiger partial charge in [-0.3, -0.25) is 9.78 Å². The lowest BCUT2D eigenvalue weighted by Crippen LogP contribution is -2.07. The van der Waals surface area contributed by atoms with Crippen molar-refractivity contribution in [2.45, 2.75) is 39.0 Å². The average Bonchev–Trinajstić information content (AvgIpc) is 3.57. The number of carbonyl (C=O) groups is 1. The molecule has 5 nitrogen and oxygen atoms in total. The number of aromatic nitrogens is 2. The highest BCUT2D eigenvalue weighted by molar-refractivity contribution is 6.08. The minimum Gasteiger partial charge on any atom is -0.387 e. The summed E-state index contributed by atoms with van der Waals surface area (Å²) >= 11 is 0. The fraction of sp³-hybridized carbons (Fsp3) is 0.375. The first-order chi connectivity index (χ1) is 14.6. The van der Waals surface area contributed by atoms with Crippen LogP contribution in [0.1, 0.15) is 49.4 Å². The number of hydrogen-bond acceptors (Lipinski definition) is 5. The molecule has 0 atom stereocenters. The third-order valence-electron chi connectivity index (χ3n) is 5.59. The number of nitrogens with zero attached hydrogens (tertiary/aromatic N) is 2. The second-order valence-electron chi connectivity index (χ2n) is 7.93. The number of halogens is 1. The first kappa shape index (κ1) is 20.3. The third-order valence-corrected chi connectivity index (χ3v) is 5.59. The van der Waals surface area contributed by atoms with Crippen molar-refractivity contribution in [2.24, 2.45) is 5.92 Å². The number of ketones is 1. The molecule has 0 bridgehead atoms. The van der Waals surface area contributed by atoms with Crippen LogP contribution in [0, 0.1) is 11.7 Å². The number of rotatable bonds is 9. The molecule has 1 saturated carbocycles. The normalized spacial score (nSPS) is 13.4. The zero-order chi connectivity index (χ0) is 21.1. The lowest BCUT2D eigenvalue weighted by Gasteiger charge is -2.13. The summed E-state index contributed by atoms with van der Waals surface area (Å²) in [5.41, 5.74) is 2.93. The first-order valence-corrected chi connectivity index (χ1v) is 10.6. The maximum Gasteiger partial charge on any atom is 0.166 e. The molecule has 4 rings (SSSR count). The summed E-state index contributed by atoms with van der Waals surface area (Å²) in [7, 11) is 1.78. The molecule has 0 spiro atoms. The Hall–Kier alpha value is -3.02. The van der Waals surface area contributed by atoms with E-state index in [1.807, 2.05) is 12.1 Å². The van der Waals surface area contributed by atoms with Gasteiger partial charge in [-0.1, -0.05) is 13.3 Å². The number of fused-ring (bicyclic) bond motifs is 1. The molecule has 2 N–H and O–H groups in total. The van der Waals surface area contributed by atoms with Crippen LogP contribution >= 0.6 is 0 Å². The van der Waals surface area contributed by atoms with Crippen molar-refractivity contribution in [2.75, 3.05) is 24.2 Å². The lowest BCUT2D eigenvalue weighted by atomic mass is 9.99. The fourth-order valence-electron chi connectivity index (χ4n) is 3.66. The number of pyridine rings is 2. The molecule has 2 aromatic heterocycles. The summed E-state index contributed by atoms with van der Waals surface area (Å²) in [5.74, 6) is 1.00. The smallest absolute Gasteiger partial charge is 0.166 e. The van der Waals surface area contributed by atoms with Crippen LogP contribution in [0.3, 0.4) is 0 Å². The number of anilines is 2. The van der Waals surface area contributed by atoms with Gasteiger partial charge in [0.15, 0.2) is 5.78 Å². The van der Waals surface area contributed by atoms with Crippen molar-refractivity contribution in [1.82, 2.24) is 9.97 Å². The Bertz CT molecular complexity index is 1060. The van der Waals surface area contributed by atoms with Crippen LogP contribution in [-0.4, -0.2) is 29.3 Å². The van der Waals surface area contributed by atoms with Crippen LogP contribution in [0.4, 0.5) is 15.9 Å². The highest BCUT2D eigenvalue weighted by atomic mass is 19.1. The summed E-state index contributed by atoms with van der Waals surface area (Å²) in [6.45, 7) is 3.00. The molecule has 0 amide bonds. The fourth-order valence-corrected chi connectivity index (χ4v) is 3.66. The van der Waals surface area contributed by atoms with Gasteiger partial charge in [-0.25, -0.2) is 9.37 Å². The van der Waals surface area contributed by atoms with Crippen LogP contribution in [0.5, 0.6) is 0 Å². The van der Waals surface area contributed by atoms with Crippen molar-refractivity contribution in [1.29, 1.82) is 0 Å². The van der Waals surface area contributed by atoms with E-state index in [2.05, 4.69) is 27.5 Å². The third kappa shape index (κ3) is 4.27. The summed E-state index contributed by atoms with van der Waals surface area (Å²) in [5, 5.41) is 7.14. The highest BCUT2D eigenvalue weighted by Gasteiger charge is 2.26. The highest BCUT2D eigenvalue weighted by Crippen LogP contribution is 2.36. The standard InChI is InChI=1S/C24H27FN4O/c1-3-4-9-27-23-8-7-16(13-29-23)17-11-18-21(12-20(17)25)28-14-19(24(18)26-2)22(30)10-15-5-6-15/h7-8,11-15H,3-6,9-10H2,1-2H3,(H,26,28)(H,27,29). The van der Waals surface area contributed by atoms with Crippen LogP contribution in [0.25, 0.3) is 22.0 Å². The van der Waals surface area contributed by atoms with Crippen LogP contribution in [0.15, 0.2) is 36.7 Å². The van der Waals surface area contributed by atoms with Gasteiger partial charge in [-0.2, -0.15) is 0 Å². The van der Waals surface area contributed by atoms with Gasteiger partial charge >= 0.3 is 0 Å². The first-order valence-electron chi connectivity index (χ1n) is 10.6. The van der Waals surface area contributed by atoms with Crippen molar-refractivity contribution in [3.63, 3.8) is 0 Å². The number of nitrogens with one attached hydrogen (secondary N) is 2. The Kier molecular flexibility index (Phi) is 5.93. The molecule has 0 saturated heterocycles. The van der Waals surface area contributed by atoms with Crippen molar-refractivity contribution < 1.29 is 9.18 Å². The van der Waals surface area contributed by atoms with E-state index in [1.54, 1.807) is 25.5 Å². The molecule has 0 radical (unpaired) electrons. The largest absolute Gasteiger partial charge is 0.387 e. The SMILES string of the molecule is CCCCNc1ccc(-c2cc3c(NC)c(C(=O)CC4CC4)cnc3cc2F)cn1. The van der Waals surface area contributed by atoms with E-state index in [4.69, 9.17) is 0 Å². The number of carbonyl (C=O) groups excluding carboxylic acids is 1. The molecule has 30 heavy (non-hydrogen) atoms. The Morgan fingerprint density at radius 2 is 2.03 bits per heavy atom. The summed E-state index contributed by atoms with van der Waals surface area (Å²) < 4.78 is 14.9. The molecule has 0 aliphatic heterocycles. The van der Waals surface area contributed by atoms with Crippen LogP contribution < -0.4 is 10.6 Å². The number of unbranched alkanes of at least 4 members (excludes halogenated alkanes) is 1. The Balaban J connectivity index is 1.69. The summed E-state index contributed by atoms with van der Waals surface area (Å²) in [4.78, 5) is 21.5. The van der Waals surface area contributed by atoms with Crippen molar-refractivity contribution in [3.8, 4) is 11.1 Å². The van der Waals surface area contributed by atoms with E-state index in [0.29, 0.717) is 40.2 Å². The zero-order valence-electron chi connectivity index (χ0n) is 17.5. The number of Topliss-reactive ketones (excluding diaryl/α,β-unsaturated/α-hetero) is 1. The van der Waals surface area contributed by atoms with E-state index < -0.39 is 0 Å². The predicted molar refractivity (Wildman–Crippen MR) is 120 cm³/mol. The van der Waals surface area contributed by atoms with Gasteiger partial charge in [-0.15, -0.1) is 0 Å². The van der Waals surface area contributed by atoms with Crippen LogP contribution in [0.2, 0.25) is 0 Å². The Morgan fingerprint density at radius 1 is 1.20 bits per heavy atom. The van der Waals surface area contributed by atoms with Gasteiger partial charge in [0.05, 0.1) is 16.8 Å². The molecule has 2 heterocycles. The Labute approximate surface area is 176 Å². The molecule has 1 fully saturated rings. The second-order valence-corrected chi connectivity index (χ2v) is 7.93. The van der Waals surface area contributed by atoms with Crippen LogP contribution in [-0.2, 0) is 0 Å². The van der Waals surface area contributed by atoms with Gasteiger partial charge in [-0.05, 0) is 43.4 Å². The van der Waals surface area contributed by atoms with Gasteiger partial charge in [0.2, 0.25) is 0 Å². The lowest BCUT2D eigenvalue weighted by molar-refractivity contribution is 0.0976. The molecule has 6 heteroatoms. The van der Waals surface area contributed by atoms with E-state index in [9.17, 15) is 9.18 Å². The predicted octanol–water partition coefficient (Wildman–Crippen LogP) is 5.67. The quantitative estimate of drug-likeness (QED) is 0.354. The van der Waals surface area contributed by atoms with Crippen molar-refractivity contribution in [3.05, 3.63) is 48.0 Å². The molecular formula is C24H27FN4O. The molecule has 0 unspecified atom stereocenters. The Morgan fingerprint density at radius 3 is 2.70 bits per heavy atom. The number of hydrogen-bond donors (Lipinski definition) is 2. The van der Waals surface area contributed by atoms with Gasteiger partial charge in [0.1, 0.15) is 11.6 Å². The summed E-state index contributed by atoms with van der Waals surface area (Å²) in [6, 6.07) is 6.91. The van der Waals surface area contributed by atoms with Crippen molar-refractivity contribution >= 4 is 28.2 Å². The minimum atomic E-state index is -0.359. The van der Waals surface area contributed by atoms with Gasteiger partial charge in [0.25, 0.3) is 0 Å². The molecule has 3 aromatic rings.